The monoisotopic (exact) mass is 342 g/mol. The van der Waals surface area contributed by atoms with Crippen LogP contribution in [0.25, 0.3) is 21.9 Å². The average molecular weight is 342 g/mol. The van der Waals surface area contributed by atoms with Crippen LogP contribution in [0, 0.1) is 0 Å². The van der Waals surface area contributed by atoms with Crippen LogP contribution in [0.1, 0.15) is 26.3 Å². The summed E-state index contributed by atoms with van der Waals surface area (Å²) >= 11 is 0. The van der Waals surface area contributed by atoms with Gasteiger partial charge in [-0.3, -0.25) is 4.79 Å². The first-order valence-corrected chi connectivity index (χ1v) is 7.97. The molecular weight excluding hydrogens is 324 g/mol. The number of hydrogen-bond donors (Lipinski definition) is 2. The van der Waals surface area contributed by atoms with Crippen LogP contribution in [0.3, 0.4) is 0 Å². The van der Waals surface area contributed by atoms with Crippen molar-refractivity contribution in [1.82, 2.24) is 0 Å². The highest BCUT2D eigenvalue weighted by atomic mass is 16.5. The predicted molar refractivity (Wildman–Crippen MR) is 93.0 cm³/mol. The highest BCUT2D eigenvalue weighted by molar-refractivity contribution is 5.98. The second kappa shape index (κ2) is 4.81. The first kappa shape index (κ1) is 15.6. The summed E-state index contributed by atoms with van der Waals surface area (Å²) in [6, 6.07) is 4.32. The first-order chi connectivity index (χ1) is 11.8. The van der Waals surface area contributed by atoms with Crippen LogP contribution in [0.5, 0.6) is 23.0 Å². The van der Waals surface area contributed by atoms with E-state index >= 15 is 0 Å². The number of methoxy groups -OCH3 is 1. The van der Waals surface area contributed by atoms with Gasteiger partial charge in [0.1, 0.15) is 28.6 Å². The third-order valence-electron chi connectivity index (χ3n) is 5.17. The number of fused-ring (bicyclic) bond motifs is 3. The lowest BCUT2D eigenvalue weighted by molar-refractivity contribution is 0.185. The Labute approximate surface area is 143 Å². The Morgan fingerprint density at radius 2 is 1.96 bits per heavy atom. The average Bonchev–Trinajstić information content (AvgIpc) is 2.79. The molecule has 1 atom stereocenters. The van der Waals surface area contributed by atoms with E-state index in [1.54, 1.807) is 6.07 Å². The van der Waals surface area contributed by atoms with Gasteiger partial charge in [-0.25, -0.2) is 0 Å². The molecule has 2 heterocycles. The largest absolute Gasteiger partial charge is 0.504 e. The second-order valence-corrected chi connectivity index (χ2v) is 6.88. The van der Waals surface area contributed by atoms with E-state index in [-0.39, 0.29) is 39.2 Å². The van der Waals surface area contributed by atoms with E-state index in [9.17, 15) is 15.0 Å². The van der Waals surface area contributed by atoms with Crippen molar-refractivity contribution in [2.24, 2.45) is 0 Å². The van der Waals surface area contributed by atoms with Crippen LogP contribution in [-0.2, 0) is 5.41 Å². The van der Waals surface area contributed by atoms with Crippen molar-refractivity contribution in [1.29, 1.82) is 0 Å². The molecule has 1 aromatic heterocycles. The molecule has 3 aromatic rings. The van der Waals surface area contributed by atoms with Gasteiger partial charge >= 0.3 is 0 Å². The van der Waals surface area contributed by atoms with Crippen LogP contribution in [0.4, 0.5) is 0 Å². The molecule has 1 unspecified atom stereocenters. The summed E-state index contributed by atoms with van der Waals surface area (Å²) in [7, 11) is 1.51. The van der Waals surface area contributed by atoms with Crippen LogP contribution >= 0.6 is 0 Å². The zero-order valence-corrected chi connectivity index (χ0v) is 14.3. The summed E-state index contributed by atoms with van der Waals surface area (Å²) in [6.45, 7) is 6.02. The quantitative estimate of drug-likeness (QED) is 0.520. The van der Waals surface area contributed by atoms with E-state index in [1.165, 1.54) is 19.2 Å². The fourth-order valence-electron chi connectivity index (χ4n) is 3.44. The van der Waals surface area contributed by atoms with E-state index in [4.69, 9.17) is 13.9 Å². The molecule has 0 saturated carbocycles. The zero-order chi connectivity index (χ0) is 18.1. The minimum Gasteiger partial charge on any atom is -0.504 e. The van der Waals surface area contributed by atoms with E-state index in [0.29, 0.717) is 16.9 Å². The summed E-state index contributed by atoms with van der Waals surface area (Å²) in [5.41, 5.74) is 0.322. The maximum Gasteiger partial charge on any atom is 0.204 e. The maximum atomic E-state index is 13.1. The number of hydrogen-bond acceptors (Lipinski definition) is 6. The van der Waals surface area contributed by atoms with Gasteiger partial charge < -0.3 is 24.1 Å². The number of phenolic OH excluding ortho intramolecular Hbond substituents is 2. The Morgan fingerprint density at radius 3 is 2.64 bits per heavy atom. The highest BCUT2D eigenvalue weighted by Crippen LogP contribution is 2.50. The third-order valence-corrected chi connectivity index (χ3v) is 5.17. The molecular formula is C19H18O6. The third kappa shape index (κ3) is 1.88. The molecule has 0 spiro atoms. The van der Waals surface area contributed by atoms with E-state index in [0.717, 1.165) is 5.56 Å². The molecule has 130 valence electrons. The molecule has 25 heavy (non-hydrogen) atoms. The van der Waals surface area contributed by atoms with Crippen molar-refractivity contribution in [3.05, 3.63) is 34.0 Å². The molecule has 1 aliphatic rings. The molecule has 6 nitrogen and oxygen atoms in total. The van der Waals surface area contributed by atoms with Gasteiger partial charge in [0.15, 0.2) is 11.3 Å². The lowest BCUT2D eigenvalue weighted by Gasteiger charge is -2.23. The second-order valence-electron chi connectivity index (χ2n) is 6.88. The van der Waals surface area contributed by atoms with Gasteiger partial charge in [0.2, 0.25) is 11.2 Å². The molecule has 0 saturated heterocycles. The SMILES string of the molecule is COc1c2c(cc3oc4c(O)c(O)ccc4c(=O)c13)OC(C)C2(C)C. The lowest BCUT2D eigenvalue weighted by atomic mass is 9.80. The Bertz CT molecular complexity index is 1090. The Morgan fingerprint density at radius 1 is 1.24 bits per heavy atom. The van der Waals surface area contributed by atoms with Crippen LogP contribution in [0.15, 0.2) is 27.4 Å². The van der Waals surface area contributed by atoms with Gasteiger partial charge in [-0.15, -0.1) is 0 Å². The van der Waals surface area contributed by atoms with Gasteiger partial charge in [-0.05, 0) is 19.1 Å². The standard InChI is InChI=1S/C19H18O6/c1-8-19(2,3)14-12(24-8)7-11-13(18(14)23-4)15(21)9-5-6-10(20)16(22)17(9)25-11/h5-8,20,22H,1-4H3. The Hall–Kier alpha value is -2.89. The van der Waals surface area contributed by atoms with E-state index in [2.05, 4.69) is 0 Å². The summed E-state index contributed by atoms with van der Waals surface area (Å²) in [5.74, 6) is 0.189. The minimum atomic E-state index is -0.467. The van der Waals surface area contributed by atoms with Crippen molar-refractivity contribution in [2.75, 3.05) is 7.11 Å². The molecule has 1 aliphatic heterocycles. The van der Waals surface area contributed by atoms with Crippen molar-refractivity contribution < 1.29 is 24.1 Å². The zero-order valence-electron chi connectivity index (χ0n) is 14.3. The van der Waals surface area contributed by atoms with Crippen molar-refractivity contribution >= 4 is 21.9 Å². The van der Waals surface area contributed by atoms with Crippen LogP contribution in [0.2, 0.25) is 0 Å². The summed E-state index contributed by atoms with van der Waals surface area (Å²) in [6.07, 6.45) is -0.102. The van der Waals surface area contributed by atoms with E-state index in [1.807, 2.05) is 20.8 Å². The topological polar surface area (TPSA) is 89.1 Å². The maximum absolute atomic E-state index is 13.1. The molecule has 0 fully saturated rings. The summed E-state index contributed by atoms with van der Waals surface area (Å²) < 4.78 is 17.3. The number of ether oxygens (including phenoxy) is 2. The molecule has 0 aliphatic carbocycles. The number of benzene rings is 2. The first-order valence-electron chi connectivity index (χ1n) is 7.97. The number of rotatable bonds is 1. The van der Waals surface area contributed by atoms with E-state index < -0.39 is 5.75 Å². The van der Waals surface area contributed by atoms with Crippen LogP contribution < -0.4 is 14.9 Å². The fraction of sp³-hybridized carbons (Fsp3) is 0.316. The summed E-state index contributed by atoms with van der Waals surface area (Å²) in [5, 5.41) is 20.2. The molecule has 2 N–H and O–H groups in total. The van der Waals surface area contributed by atoms with Crippen LogP contribution in [-0.4, -0.2) is 23.4 Å². The highest BCUT2D eigenvalue weighted by Gasteiger charge is 2.43. The summed E-state index contributed by atoms with van der Waals surface area (Å²) in [4.78, 5) is 13.1. The van der Waals surface area contributed by atoms with Crippen molar-refractivity contribution in [3.8, 4) is 23.0 Å². The Balaban J connectivity index is 2.23. The van der Waals surface area contributed by atoms with Gasteiger partial charge in [0, 0.05) is 17.0 Å². The normalized spacial score (nSPS) is 18.3. The van der Waals surface area contributed by atoms with Gasteiger partial charge in [0.05, 0.1) is 12.5 Å². The molecule has 0 amide bonds. The van der Waals surface area contributed by atoms with Gasteiger partial charge in [-0.1, -0.05) is 13.8 Å². The van der Waals surface area contributed by atoms with Gasteiger partial charge in [-0.2, -0.15) is 0 Å². The van der Waals surface area contributed by atoms with Crippen molar-refractivity contribution in [3.63, 3.8) is 0 Å². The van der Waals surface area contributed by atoms with Crippen molar-refractivity contribution in [2.45, 2.75) is 32.3 Å². The number of phenols is 2. The van der Waals surface area contributed by atoms with Gasteiger partial charge in [0.25, 0.3) is 0 Å². The predicted octanol–water partition coefficient (Wildman–Crippen LogP) is 3.42. The molecule has 2 aromatic carbocycles. The lowest BCUT2D eigenvalue weighted by Crippen LogP contribution is -2.29. The molecule has 0 radical (unpaired) electrons. The fourth-order valence-corrected chi connectivity index (χ4v) is 3.44. The number of aromatic hydroxyl groups is 2. The Kier molecular flexibility index (Phi) is 3.01. The molecule has 4 rings (SSSR count). The molecule has 6 heteroatoms. The minimum absolute atomic E-state index is 0.0650. The molecule has 0 bridgehead atoms. The smallest absolute Gasteiger partial charge is 0.204 e.